The van der Waals surface area contributed by atoms with Gasteiger partial charge in [0.1, 0.15) is 34.1 Å². The van der Waals surface area contributed by atoms with E-state index in [0.717, 1.165) is 15.9 Å². The molecule has 0 radical (unpaired) electrons. The molecule has 5 rings (SSSR count). The van der Waals surface area contributed by atoms with E-state index >= 15 is 0 Å². The van der Waals surface area contributed by atoms with Gasteiger partial charge in [0.05, 0.1) is 11.5 Å². The molecular weight excluding hydrogens is 585 g/mol. The highest BCUT2D eigenvalue weighted by Crippen LogP contribution is 2.66. The summed E-state index contributed by atoms with van der Waals surface area (Å²) in [7, 11) is -3.28. The number of carbonyl (C=O) groups excluding carboxylic acids is 1. The van der Waals surface area contributed by atoms with Crippen molar-refractivity contribution in [3.63, 3.8) is 0 Å². The molecule has 0 unspecified atom stereocenters. The summed E-state index contributed by atoms with van der Waals surface area (Å²) >= 11 is 0. The van der Waals surface area contributed by atoms with Crippen molar-refractivity contribution in [3.8, 4) is 0 Å². The zero-order valence-corrected chi connectivity index (χ0v) is 27.3. The number of nitrogens with zero attached hydrogens (tertiary/aromatic N) is 1. The summed E-state index contributed by atoms with van der Waals surface area (Å²) in [6.45, 7) is 10.6. The lowest BCUT2D eigenvalue weighted by atomic mass is 10.1. The number of rotatable bonds is 8. The van der Waals surface area contributed by atoms with Crippen LogP contribution in [0.25, 0.3) is 11.1 Å². The highest BCUT2D eigenvalue weighted by molar-refractivity contribution is 7.99. The highest BCUT2D eigenvalue weighted by Gasteiger charge is 2.56. The maximum absolute atomic E-state index is 15.0. The molecule has 0 aliphatic carbocycles. The molecule has 0 bridgehead atoms. The monoisotopic (exact) mass is 623 g/mol. The van der Waals surface area contributed by atoms with Crippen molar-refractivity contribution in [1.82, 2.24) is 4.57 Å². The number of carbonyl (C=O) groups is 1. The Morgan fingerprint density at radius 1 is 0.689 bits per heavy atom. The van der Waals surface area contributed by atoms with Crippen LogP contribution in [0.1, 0.15) is 47.6 Å². The maximum Gasteiger partial charge on any atom is 0.421 e. The molecule has 0 aliphatic rings. The number of hydrogen-bond donors (Lipinski definition) is 0. The number of aromatic nitrogens is 1. The predicted molar refractivity (Wildman–Crippen MR) is 178 cm³/mol. The van der Waals surface area contributed by atoms with Crippen LogP contribution < -0.4 is 26.8 Å². The zero-order chi connectivity index (χ0) is 32.4. The number of oxazole rings is 1. The van der Waals surface area contributed by atoms with E-state index in [1.807, 2.05) is 91.0 Å². The fourth-order valence-corrected chi connectivity index (χ4v) is 10.0. The Labute approximate surface area is 264 Å². The second kappa shape index (κ2) is 12.4. The molecule has 0 aliphatic heterocycles. The van der Waals surface area contributed by atoms with E-state index in [9.17, 15) is 14.7 Å². The first kappa shape index (κ1) is 31.8. The summed E-state index contributed by atoms with van der Waals surface area (Å²) < 4.78 is 19.1. The predicted octanol–water partition coefficient (Wildman–Crippen LogP) is 5.82. The molecule has 4 aromatic carbocycles. The molecular formula is C37H38NO6P. The number of para-hydroxylation sites is 2. The van der Waals surface area contributed by atoms with Crippen molar-refractivity contribution in [1.29, 1.82) is 0 Å². The number of fused-ring (bicyclic) bond motifs is 1. The molecule has 8 heteroatoms. The Hall–Kier alpha value is -4.61. The molecule has 0 N–H and O–H groups in total. The van der Waals surface area contributed by atoms with Crippen LogP contribution in [0.5, 0.6) is 0 Å². The van der Waals surface area contributed by atoms with Crippen molar-refractivity contribution in [2.24, 2.45) is 0 Å². The molecule has 0 amide bonds. The van der Waals surface area contributed by atoms with Crippen LogP contribution in [0.4, 0.5) is 0 Å². The van der Waals surface area contributed by atoms with Crippen LogP contribution >= 0.6 is 7.26 Å². The minimum absolute atomic E-state index is 0.101. The maximum atomic E-state index is 15.0. The first-order valence-corrected chi connectivity index (χ1v) is 16.6. The third-order valence-corrected chi connectivity index (χ3v) is 11.4. The summed E-state index contributed by atoms with van der Waals surface area (Å²) in [4.78, 5) is 28.5. The van der Waals surface area contributed by atoms with Gasteiger partial charge in [-0.3, -0.25) is 4.57 Å². The molecule has 0 fully saturated rings. The fraction of sp³-hybridized carbons (Fsp3) is 0.243. The lowest BCUT2D eigenvalue weighted by molar-refractivity contribution is -0.370. The highest BCUT2D eigenvalue weighted by atomic mass is 31.2. The van der Waals surface area contributed by atoms with Crippen molar-refractivity contribution < 1.29 is 23.8 Å². The van der Waals surface area contributed by atoms with Crippen LogP contribution in [-0.2, 0) is 14.3 Å². The second-order valence-electron chi connectivity index (χ2n) is 12.7. The van der Waals surface area contributed by atoms with Gasteiger partial charge in [0, 0.05) is 5.60 Å². The summed E-state index contributed by atoms with van der Waals surface area (Å²) in [5, 5.41) is 17.5. The Bertz CT molecular complexity index is 1770. The van der Waals surface area contributed by atoms with E-state index in [-0.39, 0.29) is 10.9 Å². The molecule has 0 saturated heterocycles. The molecule has 0 spiro atoms. The zero-order valence-electron chi connectivity index (χ0n) is 26.4. The fourth-order valence-electron chi connectivity index (χ4n) is 5.51. The Kier molecular flexibility index (Phi) is 8.77. The first-order chi connectivity index (χ1) is 21.3. The Morgan fingerprint density at radius 3 is 1.56 bits per heavy atom. The topological polar surface area (TPSA) is 93.7 Å². The van der Waals surface area contributed by atoms with E-state index < -0.39 is 42.2 Å². The number of hydrogen-bond acceptors (Lipinski definition) is 6. The normalized spacial score (nSPS) is 13.6. The lowest BCUT2D eigenvalue weighted by Gasteiger charge is -2.38. The van der Waals surface area contributed by atoms with E-state index in [4.69, 9.17) is 13.9 Å². The number of ether oxygens (including phenoxy) is 2. The smallest absolute Gasteiger partial charge is 0.421 e. The van der Waals surface area contributed by atoms with Gasteiger partial charge in [-0.15, -0.1) is 0 Å². The van der Waals surface area contributed by atoms with Crippen molar-refractivity contribution in [3.05, 3.63) is 137 Å². The van der Waals surface area contributed by atoms with Gasteiger partial charge in [0.25, 0.3) is 0 Å². The van der Waals surface area contributed by atoms with Crippen LogP contribution in [0.2, 0.25) is 0 Å². The Morgan fingerprint density at radius 2 is 1.11 bits per heavy atom. The van der Waals surface area contributed by atoms with Gasteiger partial charge < -0.3 is 19.0 Å². The van der Waals surface area contributed by atoms with E-state index in [1.54, 1.807) is 65.8 Å². The first-order valence-electron chi connectivity index (χ1n) is 14.8. The minimum atomic E-state index is -3.28. The summed E-state index contributed by atoms with van der Waals surface area (Å²) in [5.41, 5.74) is -1.23. The summed E-state index contributed by atoms with van der Waals surface area (Å²) in [5.74, 6) is -2.27. The molecule has 1 aromatic heterocycles. The number of benzene rings is 4. The Balaban J connectivity index is 2.04. The summed E-state index contributed by atoms with van der Waals surface area (Å²) in [6, 6.07) is 34.2. The number of esters is 1. The van der Waals surface area contributed by atoms with Crippen LogP contribution in [0, 0.1) is 0 Å². The molecule has 7 nitrogen and oxygen atoms in total. The van der Waals surface area contributed by atoms with Gasteiger partial charge in [-0.1, -0.05) is 87.5 Å². The minimum Gasteiger partial charge on any atom is -0.605 e. The van der Waals surface area contributed by atoms with Crippen molar-refractivity contribution >= 4 is 40.2 Å². The third kappa shape index (κ3) is 6.45. The van der Waals surface area contributed by atoms with Gasteiger partial charge in [0.2, 0.25) is 0 Å². The van der Waals surface area contributed by atoms with Crippen LogP contribution in [0.3, 0.4) is 0 Å². The average Bonchev–Trinajstić information content (AvgIpc) is 3.32. The van der Waals surface area contributed by atoms with Gasteiger partial charge in [-0.05, 0) is 69.3 Å². The lowest BCUT2D eigenvalue weighted by Crippen LogP contribution is -2.43. The largest absolute Gasteiger partial charge is 0.605 e. The molecule has 5 aromatic rings. The van der Waals surface area contributed by atoms with Crippen LogP contribution in [-0.4, -0.2) is 21.7 Å². The van der Waals surface area contributed by atoms with Gasteiger partial charge in [-0.2, -0.15) is 0 Å². The van der Waals surface area contributed by atoms with Gasteiger partial charge in [0.15, 0.2) is 11.6 Å². The van der Waals surface area contributed by atoms with E-state index in [0.29, 0.717) is 5.52 Å². The molecule has 45 heavy (non-hydrogen) atoms. The molecule has 232 valence electrons. The van der Waals surface area contributed by atoms with Gasteiger partial charge >= 0.3 is 11.7 Å². The van der Waals surface area contributed by atoms with Gasteiger partial charge in [-0.25, -0.2) is 9.59 Å². The van der Waals surface area contributed by atoms with E-state index in [1.165, 1.54) is 4.57 Å². The molecule has 1 atom stereocenters. The second-order valence-corrected chi connectivity index (χ2v) is 16.1. The van der Waals surface area contributed by atoms with E-state index in [2.05, 4.69) is 0 Å². The molecule has 1 heterocycles. The standard InChI is InChI=1S/C37H38NO6P/c1-36(2,3)43-33(39)31(38-29-24-16-17-25-30(29)42-35(38)41)32(34(40)44-37(4,5)6)45(26-18-10-7-11-19-26,27-20-12-8-13-21-27)28-22-14-9-15-23-28/h7-25,31H,1-6H3/b34-32+/t31-/m1/s1. The quantitative estimate of drug-likeness (QED) is 0.123. The van der Waals surface area contributed by atoms with Crippen molar-refractivity contribution in [2.75, 3.05) is 0 Å². The third-order valence-electron chi connectivity index (χ3n) is 7.07. The SMILES string of the molecule is CC(C)(C)OC(=O)[C@@H](/C(=C(/[O-])OC(C)(C)C)[P+](c1ccccc1)(c1ccccc1)c1ccccc1)n1c(=O)oc2ccccc21. The molecule has 0 saturated carbocycles. The summed E-state index contributed by atoms with van der Waals surface area (Å²) in [6.07, 6.45) is 0. The average molecular weight is 624 g/mol. The van der Waals surface area contributed by atoms with Crippen LogP contribution in [0.15, 0.2) is 136 Å². The van der Waals surface area contributed by atoms with Crippen molar-refractivity contribution in [2.45, 2.75) is 58.8 Å².